The monoisotopic (exact) mass is 790 g/mol. The number of H-pyrrole nitrogens is 2. The third kappa shape index (κ3) is 8.79. The molecule has 2 aromatic heterocycles. The van der Waals surface area contributed by atoms with Crippen LogP contribution in [0.2, 0.25) is 0 Å². The summed E-state index contributed by atoms with van der Waals surface area (Å²) in [4.78, 5) is 58.5. The van der Waals surface area contributed by atoms with Gasteiger partial charge in [-0.25, -0.2) is 14.8 Å². The summed E-state index contributed by atoms with van der Waals surface area (Å²) < 4.78 is 15.8. The van der Waals surface area contributed by atoms with Crippen LogP contribution < -0.4 is 11.1 Å². The molecule has 2 aliphatic rings. The number of amides is 3. The summed E-state index contributed by atoms with van der Waals surface area (Å²) in [6.45, 7) is 6.25. The fourth-order valence-corrected chi connectivity index (χ4v) is 7.92. The third-order valence-corrected chi connectivity index (χ3v) is 12.0. The van der Waals surface area contributed by atoms with E-state index in [2.05, 4.69) is 85.9 Å². The first-order chi connectivity index (χ1) is 28.0. The zero-order valence-electron chi connectivity index (χ0n) is 33.9. The summed E-state index contributed by atoms with van der Waals surface area (Å²) in [5, 5.41) is 4.94. The second kappa shape index (κ2) is 17.9. The van der Waals surface area contributed by atoms with Crippen molar-refractivity contribution in [1.29, 1.82) is 0 Å². The van der Waals surface area contributed by atoms with Gasteiger partial charge in [0.1, 0.15) is 17.7 Å². The Labute approximate surface area is 338 Å². The molecule has 0 bridgehead atoms. The summed E-state index contributed by atoms with van der Waals surface area (Å²) in [7, 11) is 4.81. The van der Waals surface area contributed by atoms with Crippen molar-refractivity contribution in [3.63, 3.8) is 0 Å². The van der Waals surface area contributed by atoms with Gasteiger partial charge in [-0.15, -0.1) is 0 Å². The predicted molar refractivity (Wildman–Crippen MR) is 221 cm³/mol. The highest BCUT2D eigenvalue weighted by Crippen LogP contribution is 2.32. The molecule has 306 valence electrons. The Morgan fingerprint density at radius 1 is 0.707 bits per heavy atom. The topological polar surface area (TPSA) is 181 Å². The summed E-state index contributed by atoms with van der Waals surface area (Å²) >= 11 is 0. The number of rotatable bonds is 12. The lowest BCUT2D eigenvalue weighted by Gasteiger charge is -2.34. The molecule has 2 aliphatic heterocycles. The van der Waals surface area contributed by atoms with Crippen molar-refractivity contribution in [2.24, 2.45) is 17.6 Å². The van der Waals surface area contributed by atoms with E-state index in [1.54, 1.807) is 36.3 Å². The van der Waals surface area contributed by atoms with Crippen molar-refractivity contribution < 1.29 is 28.6 Å². The van der Waals surface area contributed by atoms with Crippen molar-refractivity contribution >= 4 is 28.7 Å². The van der Waals surface area contributed by atoms with Gasteiger partial charge < -0.3 is 45.0 Å². The highest BCUT2D eigenvalue weighted by Gasteiger charge is 2.36. The van der Waals surface area contributed by atoms with Crippen LogP contribution in [0.15, 0.2) is 73.1 Å². The first-order valence-corrected chi connectivity index (χ1v) is 20.1. The standard InChI is InChI=1S/C44H54N8O6/c1-26(51(3)42(53)38(45)30-14-18-57-19-15-30)40-46-24-36(48-40)29-8-6-28(7-9-29)32-10-11-34-23-35(13-12-33(34)22-32)37-25-47-41(49-37)27(2)52(4)43(54)39(50-44(55)56-5)31-16-20-58-21-17-31/h6-13,22-27,30-31,38-39H,14-21,45H2,1-5H3,(H,46,48)(H,47,49)(H,50,55)/t26-,27-,38-,39-/m0/s1. The molecule has 14 heteroatoms. The van der Waals surface area contributed by atoms with Crippen LogP contribution in [0.3, 0.4) is 0 Å². The smallest absolute Gasteiger partial charge is 0.407 e. The molecule has 7 rings (SSSR count). The number of aromatic nitrogens is 4. The fourth-order valence-electron chi connectivity index (χ4n) is 7.92. The van der Waals surface area contributed by atoms with Gasteiger partial charge in [0.05, 0.1) is 49.0 Å². The number of likely N-dealkylation sites (N-methyl/N-ethyl adjacent to an activating group) is 2. The predicted octanol–water partition coefficient (Wildman–Crippen LogP) is 6.23. The van der Waals surface area contributed by atoms with Crippen molar-refractivity contribution in [2.45, 2.75) is 63.7 Å². The van der Waals surface area contributed by atoms with E-state index in [1.165, 1.54) is 7.11 Å². The number of hydrogen-bond donors (Lipinski definition) is 4. The Hall–Kier alpha value is -5.57. The van der Waals surface area contributed by atoms with E-state index in [1.807, 2.05) is 13.8 Å². The number of carbonyl (C=O) groups excluding carboxylic acids is 3. The number of alkyl carbamates (subject to hydrolysis) is 1. The number of hydrogen-bond acceptors (Lipinski definition) is 9. The van der Waals surface area contributed by atoms with Gasteiger partial charge >= 0.3 is 6.09 Å². The molecule has 58 heavy (non-hydrogen) atoms. The lowest BCUT2D eigenvalue weighted by atomic mass is 9.90. The van der Waals surface area contributed by atoms with E-state index in [0.717, 1.165) is 57.3 Å². The van der Waals surface area contributed by atoms with E-state index >= 15 is 0 Å². The van der Waals surface area contributed by atoms with Gasteiger partial charge in [-0.3, -0.25) is 9.59 Å². The fraction of sp³-hybridized carbons (Fsp3) is 0.432. The molecule has 2 saturated heterocycles. The molecule has 4 heterocycles. The SMILES string of the molecule is COC(=O)N[C@H](C(=O)N(C)[C@@H](C)c1ncc(-c2ccc3cc(-c4ccc(-c5cnc([C@H](C)N(C)C(=O)[C@@H](N)C6CCOCC6)[nH]5)cc4)ccc3c2)[nH]1)C1CCOCC1. The number of ether oxygens (including phenoxy) is 3. The largest absolute Gasteiger partial charge is 0.453 e. The molecule has 0 radical (unpaired) electrons. The van der Waals surface area contributed by atoms with Crippen molar-refractivity contribution in [3.05, 3.63) is 84.7 Å². The Kier molecular flexibility index (Phi) is 12.6. The molecule has 0 unspecified atom stereocenters. The van der Waals surface area contributed by atoms with E-state index in [0.29, 0.717) is 50.9 Å². The minimum atomic E-state index is -0.723. The average Bonchev–Trinajstić information content (AvgIpc) is 3.98. The van der Waals surface area contributed by atoms with Gasteiger partial charge in [0.15, 0.2) is 0 Å². The molecule has 14 nitrogen and oxygen atoms in total. The maximum atomic E-state index is 13.7. The lowest BCUT2D eigenvalue weighted by molar-refractivity contribution is -0.136. The molecule has 3 amide bonds. The molecule has 0 aliphatic carbocycles. The van der Waals surface area contributed by atoms with Crippen LogP contribution in [-0.4, -0.2) is 107 Å². The molecule has 3 aromatic carbocycles. The van der Waals surface area contributed by atoms with Crippen LogP contribution in [-0.2, 0) is 23.8 Å². The molecule has 2 fully saturated rings. The Morgan fingerprint density at radius 3 is 1.74 bits per heavy atom. The van der Waals surface area contributed by atoms with Crippen molar-refractivity contribution in [2.75, 3.05) is 47.6 Å². The molecule has 5 N–H and O–H groups in total. The van der Waals surface area contributed by atoms with Crippen LogP contribution in [0, 0.1) is 11.8 Å². The summed E-state index contributed by atoms with van der Waals surface area (Å²) in [5.41, 5.74) is 12.2. The van der Waals surface area contributed by atoms with Crippen LogP contribution in [0.5, 0.6) is 0 Å². The van der Waals surface area contributed by atoms with Gasteiger partial charge in [-0.1, -0.05) is 48.5 Å². The summed E-state index contributed by atoms with van der Waals surface area (Å²) in [6.07, 6.45) is 5.91. The first-order valence-electron chi connectivity index (χ1n) is 20.1. The highest BCUT2D eigenvalue weighted by molar-refractivity contribution is 5.91. The maximum absolute atomic E-state index is 13.7. The van der Waals surface area contributed by atoms with Crippen molar-refractivity contribution in [1.82, 2.24) is 35.1 Å². The number of nitrogens with two attached hydrogens (primary N) is 1. The number of nitrogens with zero attached hydrogens (tertiary/aromatic N) is 4. The van der Waals surface area contributed by atoms with Crippen LogP contribution in [0.4, 0.5) is 4.79 Å². The minimum absolute atomic E-state index is 0.0509. The normalized spacial score (nSPS) is 17.3. The molecular weight excluding hydrogens is 737 g/mol. The maximum Gasteiger partial charge on any atom is 0.407 e. The molecule has 4 atom stereocenters. The quantitative estimate of drug-likeness (QED) is 0.114. The molecule has 0 saturated carbocycles. The minimum Gasteiger partial charge on any atom is -0.453 e. The number of nitrogens with one attached hydrogen (secondary N) is 3. The molecule has 5 aromatic rings. The number of carbonyl (C=O) groups is 3. The second-order valence-electron chi connectivity index (χ2n) is 15.5. The number of fused-ring (bicyclic) bond motifs is 1. The zero-order valence-corrected chi connectivity index (χ0v) is 33.9. The number of imidazole rings is 2. The van der Waals surface area contributed by atoms with E-state index < -0.39 is 18.2 Å². The number of benzene rings is 3. The Bertz CT molecular complexity index is 2210. The first kappa shape index (κ1) is 40.6. The lowest BCUT2D eigenvalue weighted by Crippen LogP contribution is -2.52. The zero-order chi connectivity index (χ0) is 40.9. The Balaban J connectivity index is 0.996. The van der Waals surface area contributed by atoms with Gasteiger partial charge in [0.25, 0.3) is 0 Å². The van der Waals surface area contributed by atoms with E-state index in [4.69, 9.17) is 19.9 Å². The summed E-state index contributed by atoms with van der Waals surface area (Å²) in [5.74, 6) is 1.13. The van der Waals surface area contributed by atoms with Gasteiger partial charge in [-0.2, -0.15) is 0 Å². The van der Waals surface area contributed by atoms with E-state index in [-0.39, 0.29) is 35.7 Å². The second-order valence-corrected chi connectivity index (χ2v) is 15.5. The van der Waals surface area contributed by atoms with Crippen LogP contribution >= 0.6 is 0 Å². The van der Waals surface area contributed by atoms with Crippen LogP contribution in [0.25, 0.3) is 44.4 Å². The van der Waals surface area contributed by atoms with Gasteiger partial charge in [-0.05, 0) is 91.0 Å². The van der Waals surface area contributed by atoms with E-state index in [9.17, 15) is 14.4 Å². The average molecular weight is 791 g/mol. The van der Waals surface area contributed by atoms with Crippen molar-refractivity contribution in [3.8, 4) is 33.6 Å². The molecular formula is C44H54N8O6. The Morgan fingerprint density at radius 2 is 1.17 bits per heavy atom. The number of aromatic amines is 2. The molecule has 0 spiro atoms. The third-order valence-electron chi connectivity index (χ3n) is 12.0. The number of methoxy groups -OCH3 is 1. The van der Waals surface area contributed by atoms with Gasteiger partial charge in [0, 0.05) is 46.1 Å². The van der Waals surface area contributed by atoms with Gasteiger partial charge in [0.2, 0.25) is 11.8 Å². The summed E-state index contributed by atoms with van der Waals surface area (Å²) in [6, 6.07) is 19.1. The van der Waals surface area contributed by atoms with Crippen LogP contribution in [0.1, 0.15) is 63.3 Å². The highest BCUT2D eigenvalue weighted by atomic mass is 16.5.